The molecule has 3 aromatic heterocycles. The quantitative estimate of drug-likeness (QED) is 0.211. The molecule has 3 aromatic carbocycles. The maximum absolute atomic E-state index is 13.3. The summed E-state index contributed by atoms with van der Waals surface area (Å²) < 4.78 is 35.3. The van der Waals surface area contributed by atoms with E-state index in [1.807, 2.05) is 6.07 Å². The second-order valence-corrected chi connectivity index (χ2v) is 12.5. The number of rotatable bonds is 10. The Labute approximate surface area is 256 Å². The Bertz CT molecular complexity index is 2040. The Hall–Kier alpha value is -5.11. The highest BCUT2D eigenvalue weighted by Gasteiger charge is 2.20. The van der Waals surface area contributed by atoms with Gasteiger partial charge in [0.05, 0.1) is 31.9 Å². The Morgan fingerprint density at radius 3 is 2.45 bits per heavy atom. The van der Waals surface area contributed by atoms with E-state index >= 15 is 0 Å². The van der Waals surface area contributed by atoms with E-state index in [0.717, 1.165) is 4.88 Å². The van der Waals surface area contributed by atoms with Crippen molar-refractivity contribution in [3.63, 3.8) is 0 Å². The van der Waals surface area contributed by atoms with Crippen LogP contribution in [0.1, 0.15) is 20.0 Å². The molecule has 6 aromatic rings. The molecule has 222 valence electrons. The summed E-state index contributed by atoms with van der Waals surface area (Å²) in [7, 11) is -2.07. The van der Waals surface area contributed by atoms with Gasteiger partial charge in [-0.15, -0.1) is 11.3 Å². The molecule has 3 heterocycles. The molecular formula is C31H26N6O5S2. The standard InChI is InChI=1S/C31H26N6O5S2/c1-36(30(39)21-8-4-2-5-9-21)22-12-13-25-24(18-22)34-31(35-29(38)28-15-14-27(43-28)26-19-32-20-42-26)37(25)17-16-33-44(40,41)23-10-6-3-7-11-23/h2-15,18-20,33H,16-17H2,1H3,(H,34,35,38). The molecular weight excluding hydrogens is 601 g/mol. The average Bonchev–Trinajstić information content (AvgIpc) is 3.82. The largest absolute Gasteiger partial charge is 0.443 e. The van der Waals surface area contributed by atoms with Crippen LogP contribution in [-0.2, 0) is 16.6 Å². The molecule has 13 heteroatoms. The van der Waals surface area contributed by atoms with E-state index < -0.39 is 15.9 Å². The second kappa shape index (κ2) is 12.2. The molecule has 0 radical (unpaired) electrons. The van der Waals surface area contributed by atoms with Crippen molar-refractivity contribution < 1.29 is 22.4 Å². The van der Waals surface area contributed by atoms with Crippen LogP contribution >= 0.6 is 11.3 Å². The van der Waals surface area contributed by atoms with Gasteiger partial charge in [0.15, 0.2) is 12.2 Å². The Balaban J connectivity index is 1.29. The van der Waals surface area contributed by atoms with Crippen molar-refractivity contribution in [1.29, 1.82) is 0 Å². The van der Waals surface area contributed by atoms with Crippen LogP contribution in [0.4, 0.5) is 11.6 Å². The lowest BCUT2D eigenvalue weighted by Gasteiger charge is -2.17. The van der Waals surface area contributed by atoms with E-state index in [2.05, 4.69) is 20.0 Å². The lowest BCUT2D eigenvalue weighted by molar-refractivity contribution is 0.0991. The molecule has 0 aliphatic rings. The molecule has 0 bridgehead atoms. The highest BCUT2D eigenvalue weighted by Crippen LogP contribution is 2.30. The molecule has 0 unspecified atom stereocenters. The van der Waals surface area contributed by atoms with Crippen molar-refractivity contribution in [3.05, 3.63) is 114 Å². The van der Waals surface area contributed by atoms with Gasteiger partial charge in [-0.05, 0) is 54.6 Å². The number of imidazole rings is 1. The topological polar surface area (TPSA) is 139 Å². The SMILES string of the molecule is CN(C(=O)c1ccccc1)c1ccc2c(c1)nc(NC(=O)c1ccc(-c3cnco3)s1)n2CCNS(=O)(=O)c1ccccc1. The van der Waals surface area contributed by atoms with Crippen LogP contribution in [0.15, 0.2) is 113 Å². The van der Waals surface area contributed by atoms with Crippen LogP contribution in [-0.4, -0.2) is 48.4 Å². The molecule has 2 amide bonds. The summed E-state index contributed by atoms with van der Waals surface area (Å²) in [5.74, 6) is 0.202. The Morgan fingerprint density at radius 1 is 0.977 bits per heavy atom. The van der Waals surface area contributed by atoms with Gasteiger partial charge < -0.3 is 13.9 Å². The number of thiophene rings is 1. The summed E-state index contributed by atoms with van der Waals surface area (Å²) in [4.78, 5) is 37.8. The van der Waals surface area contributed by atoms with Gasteiger partial charge in [-0.25, -0.2) is 23.1 Å². The number of sulfonamides is 1. The third kappa shape index (κ3) is 6.01. The zero-order valence-corrected chi connectivity index (χ0v) is 25.0. The molecule has 0 atom stereocenters. The van der Waals surface area contributed by atoms with E-state index in [1.54, 1.807) is 90.6 Å². The number of hydrogen-bond donors (Lipinski definition) is 2. The lowest BCUT2D eigenvalue weighted by atomic mass is 10.2. The number of hydrogen-bond acceptors (Lipinski definition) is 8. The summed E-state index contributed by atoms with van der Waals surface area (Å²) in [6, 6.07) is 25.8. The van der Waals surface area contributed by atoms with Gasteiger partial charge in [0.1, 0.15) is 0 Å². The molecule has 0 aliphatic heterocycles. The van der Waals surface area contributed by atoms with Crippen molar-refractivity contribution in [2.75, 3.05) is 23.8 Å². The van der Waals surface area contributed by atoms with Crippen molar-refractivity contribution in [2.45, 2.75) is 11.4 Å². The summed E-state index contributed by atoms with van der Waals surface area (Å²) >= 11 is 1.24. The number of nitrogens with zero attached hydrogens (tertiary/aromatic N) is 4. The normalized spacial score (nSPS) is 11.5. The van der Waals surface area contributed by atoms with Crippen LogP contribution in [0, 0.1) is 0 Å². The molecule has 0 spiro atoms. The van der Waals surface area contributed by atoms with Crippen LogP contribution in [0.5, 0.6) is 0 Å². The fourth-order valence-electron chi connectivity index (χ4n) is 4.61. The highest BCUT2D eigenvalue weighted by molar-refractivity contribution is 7.89. The van der Waals surface area contributed by atoms with Crippen LogP contribution < -0.4 is 14.9 Å². The maximum atomic E-state index is 13.3. The van der Waals surface area contributed by atoms with Crippen LogP contribution in [0.2, 0.25) is 0 Å². The van der Waals surface area contributed by atoms with Crippen LogP contribution in [0.3, 0.4) is 0 Å². The van der Waals surface area contributed by atoms with Gasteiger partial charge >= 0.3 is 0 Å². The summed E-state index contributed by atoms with van der Waals surface area (Å²) in [5.41, 5.74) is 2.32. The van der Waals surface area contributed by atoms with Crippen LogP contribution in [0.25, 0.3) is 21.7 Å². The summed E-state index contributed by atoms with van der Waals surface area (Å²) in [6.07, 6.45) is 2.89. The number of fused-ring (bicyclic) bond motifs is 1. The number of anilines is 2. The molecule has 0 saturated carbocycles. The van der Waals surface area contributed by atoms with Gasteiger partial charge in [-0.3, -0.25) is 14.9 Å². The van der Waals surface area contributed by atoms with Gasteiger partial charge in [0.2, 0.25) is 16.0 Å². The molecule has 0 aliphatic carbocycles. The highest BCUT2D eigenvalue weighted by atomic mass is 32.2. The number of carbonyl (C=O) groups is 2. The fraction of sp³-hybridized carbons (Fsp3) is 0.0968. The third-order valence-electron chi connectivity index (χ3n) is 6.86. The van der Waals surface area contributed by atoms with E-state index in [0.29, 0.717) is 32.9 Å². The Kier molecular flexibility index (Phi) is 8.07. The maximum Gasteiger partial charge on any atom is 0.268 e. The van der Waals surface area contributed by atoms with Gasteiger partial charge in [0.25, 0.3) is 11.8 Å². The minimum absolute atomic E-state index is 0.0361. The Morgan fingerprint density at radius 2 is 1.73 bits per heavy atom. The number of nitrogens with one attached hydrogen (secondary N) is 2. The predicted molar refractivity (Wildman–Crippen MR) is 168 cm³/mol. The number of aromatic nitrogens is 3. The van der Waals surface area contributed by atoms with Crippen molar-refractivity contribution in [3.8, 4) is 10.6 Å². The number of benzene rings is 3. The second-order valence-electron chi connectivity index (χ2n) is 9.68. The average molecular weight is 627 g/mol. The first-order chi connectivity index (χ1) is 21.3. The molecule has 2 N–H and O–H groups in total. The van der Waals surface area contributed by atoms with E-state index in [1.165, 1.54) is 34.8 Å². The van der Waals surface area contributed by atoms with Crippen molar-refractivity contribution >= 4 is 55.8 Å². The smallest absolute Gasteiger partial charge is 0.268 e. The zero-order chi connectivity index (χ0) is 30.7. The molecule has 0 fully saturated rings. The molecule has 6 rings (SSSR count). The van der Waals surface area contributed by atoms with E-state index in [4.69, 9.17) is 4.42 Å². The lowest BCUT2D eigenvalue weighted by Crippen LogP contribution is -2.28. The zero-order valence-electron chi connectivity index (χ0n) is 23.4. The fourth-order valence-corrected chi connectivity index (χ4v) is 6.50. The monoisotopic (exact) mass is 626 g/mol. The minimum atomic E-state index is -3.75. The third-order valence-corrected chi connectivity index (χ3v) is 9.43. The number of amides is 2. The van der Waals surface area contributed by atoms with Crippen molar-refractivity contribution in [2.24, 2.45) is 0 Å². The summed E-state index contributed by atoms with van der Waals surface area (Å²) in [5, 5.41) is 2.87. The molecule has 44 heavy (non-hydrogen) atoms. The molecule has 11 nitrogen and oxygen atoms in total. The van der Waals surface area contributed by atoms with E-state index in [-0.39, 0.29) is 29.8 Å². The first-order valence-electron chi connectivity index (χ1n) is 13.5. The number of carbonyl (C=O) groups excluding carboxylic acids is 2. The van der Waals surface area contributed by atoms with Gasteiger partial charge in [-0.1, -0.05) is 36.4 Å². The minimum Gasteiger partial charge on any atom is -0.443 e. The van der Waals surface area contributed by atoms with Crippen molar-refractivity contribution in [1.82, 2.24) is 19.3 Å². The summed E-state index contributed by atoms with van der Waals surface area (Å²) in [6.45, 7) is 0.207. The molecule has 0 saturated heterocycles. The predicted octanol–water partition coefficient (Wildman–Crippen LogP) is 5.26. The first-order valence-corrected chi connectivity index (χ1v) is 15.8. The number of oxazole rings is 1. The van der Waals surface area contributed by atoms with Gasteiger partial charge in [-0.2, -0.15) is 0 Å². The van der Waals surface area contributed by atoms with E-state index in [9.17, 15) is 18.0 Å². The van der Waals surface area contributed by atoms with Gasteiger partial charge in [0, 0.05) is 31.4 Å². The first kappa shape index (κ1) is 29.0.